The Morgan fingerprint density at radius 3 is 2.23 bits per heavy atom. The highest BCUT2D eigenvalue weighted by atomic mass is 16.2. The van der Waals surface area contributed by atoms with Crippen molar-refractivity contribution in [2.45, 2.75) is 13.8 Å². The number of carbonyl (C=O) groups is 1. The average molecular weight is 344 g/mol. The van der Waals surface area contributed by atoms with Crippen LogP contribution < -0.4 is 10.9 Å². The van der Waals surface area contributed by atoms with Crippen molar-refractivity contribution in [1.82, 2.24) is 9.88 Å². The van der Waals surface area contributed by atoms with Gasteiger partial charge in [0.1, 0.15) is 5.56 Å². The lowest BCUT2D eigenvalue weighted by atomic mass is 10.1. The molecule has 2 aromatic carbocycles. The molecular formula is C22H20N2O2. The van der Waals surface area contributed by atoms with Crippen LogP contribution in [0.4, 0.5) is 0 Å². The Morgan fingerprint density at radius 1 is 0.962 bits per heavy atom. The van der Waals surface area contributed by atoms with E-state index in [0.29, 0.717) is 0 Å². The van der Waals surface area contributed by atoms with Gasteiger partial charge in [-0.3, -0.25) is 14.2 Å². The fourth-order valence-corrected chi connectivity index (χ4v) is 2.74. The number of carbonyl (C=O) groups excluding carboxylic acids is 1. The zero-order valence-electron chi connectivity index (χ0n) is 14.8. The molecule has 0 fully saturated rings. The zero-order chi connectivity index (χ0) is 18.5. The molecule has 130 valence electrons. The van der Waals surface area contributed by atoms with Crippen molar-refractivity contribution in [2.75, 3.05) is 0 Å². The second-order valence-electron chi connectivity index (χ2n) is 6.02. The molecular weight excluding hydrogens is 324 g/mol. The molecule has 1 aromatic heterocycles. The van der Waals surface area contributed by atoms with Gasteiger partial charge in [0.05, 0.1) is 0 Å². The van der Waals surface area contributed by atoms with E-state index in [0.717, 1.165) is 22.5 Å². The van der Waals surface area contributed by atoms with Crippen molar-refractivity contribution >= 4 is 12.0 Å². The number of rotatable bonds is 4. The molecule has 0 saturated heterocycles. The molecule has 0 aliphatic rings. The van der Waals surface area contributed by atoms with Crippen molar-refractivity contribution in [2.24, 2.45) is 0 Å². The molecule has 0 bridgehead atoms. The smallest absolute Gasteiger partial charge is 0.268 e. The van der Waals surface area contributed by atoms with Crippen LogP contribution >= 0.6 is 0 Å². The number of hydrogen-bond acceptors (Lipinski definition) is 2. The summed E-state index contributed by atoms with van der Waals surface area (Å²) >= 11 is 0. The van der Waals surface area contributed by atoms with Gasteiger partial charge in [-0.2, -0.15) is 0 Å². The summed E-state index contributed by atoms with van der Waals surface area (Å²) in [6.45, 7) is 3.77. The van der Waals surface area contributed by atoms with E-state index in [9.17, 15) is 9.59 Å². The summed E-state index contributed by atoms with van der Waals surface area (Å²) in [5, 5.41) is 2.68. The highest BCUT2D eigenvalue weighted by molar-refractivity contribution is 5.95. The molecule has 0 aliphatic carbocycles. The fraction of sp³-hybridized carbons (Fsp3) is 0.0909. The third-order valence-electron chi connectivity index (χ3n) is 4.25. The predicted octanol–water partition coefficient (Wildman–Crippen LogP) is 3.86. The van der Waals surface area contributed by atoms with Gasteiger partial charge in [-0.05, 0) is 49.2 Å². The molecule has 1 N–H and O–H groups in total. The van der Waals surface area contributed by atoms with Crippen LogP contribution in [0.3, 0.4) is 0 Å². The van der Waals surface area contributed by atoms with E-state index < -0.39 is 5.91 Å². The second-order valence-corrected chi connectivity index (χ2v) is 6.02. The summed E-state index contributed by atoms with van der Waals surface area (Å²) in [6.07, 6.45) is 3.34. The van der Waals surface area contributed by atoms with Crippen LogP contribution in [0, 0.1) is 13.8 Å². The molecule has 0 unspecified atom stereocenters. The van der Waals surface area contributed by atoms with Gasteiger partial charge in [-0.25, -0.2) is 0 Å². The number of benzene rings is 2. The van der Waals surface area contributed by atoms with Crippen molar-refractivity contribution in [3.8, 4) is 5.69 Å². The van der Waals surface area contributed by atoms with E-state index in [2.05, 4.69) is 5.32 Å². The summed E-state index contributed by atoms with van der Waals surface area (Å²) in [7, 11) is 0. The van der Waals surface area contributed by atoms with Crippen LogP contribution in [0.1, 0.15) is 27.2 Å². The number of para-hydroxylation sites is 1. The van der Waals surface area contributed by atoms with Gasteiger partial charge >= 0.3 is 0 Å². The molecule has 0 radical (unpaired) electrons. The Balaban J connectivity index is 1.93. The minimum Gasteiger partial charge on any atom is -0.328 e. The molecule has 0 saturated carbocycles. The van der Waals surface area contributed by atoms with Crippen LogP contribution in [0.2, 0.25) is 0 Å². The van der Waals surface area contributed by atoms with Crippen molar-refractivity contribution < 1.29 is 4.79 Å². The van der Waals surface area contributed by atoms with E-state index in [4.69, 9.17) is 0 Å². The minimum atomic E-state index is -0.421. The number of pyridine rings is 1. The third-order valence-corrected chi connectivity index (χ3v) is 4.25. The maximum Gasteiger partial charge on any atom is 0.268 e. The molecule has 0 aliphatic heterocycles. The maximum atomic E-state index is 12.9. The van der Waals surface area contributed by atoms with Crippen LogP contribution in [-0.4, -0.2) is 10.5 Å². The Bertz CT molecular complexity index is 1000. The van der Waals surface area contributed by atoms with Gasteiger partial charge in [-0.1, -0.05) is 48.5 Å². The number of nitrogens with zero attached hydrogens (tertiary/aromatic N) is 1. The lowest BCUT2D eigenvalue weighted by Gasteiger charge is -2.14. The molecule has 4 heteroatoms. The number of nitrogens with one attached hydrogen (secondary N) is 1. The SMILES string of the molecule is Cc1cc(C(=O)NC=Cc2ccccc2)c(=O)n(-c2ccccc2)c1C. The van der Waals surface area contributed by atoms with E-state index in [-0.39, 0.29) is 11.1 Å². The summed E-state index contributed by atoms with van der Waals surface area (Å²) in [5.74, 6) is -0.421. The molecule has 26 heavy (non-hydrogen) atoms. The van der Waals surface area contributed by atoms with Crippen molar-refractivity contribution in [3.05, 3.63) is 106 Å². The van der Waals surface area contributed by atoms with E-state index in [1.807, 2.05) is 74.5 Å². The Morgan fingerprint density at radius 2 is 1.58 bits per heavy atom. The number of amides is 1. The first kappa shape index (κ1) is 17.4. The van der Waals surface area contributed by atoms with Crippen molar-refractivity contribution in [1.29, 1.82) is 0 Å². The standard InChI is InChI=1S/C22H20N2O2/c1-16-15-20(21(25)23-14-13-18-9-5-3-6-10-18)22(26)24(17(16)2)19-11-7-4-8-12-19/h3-15H,1-2H3,(H,23,25). The molecule has 0 atom stereocenters. The summed E-state index contributed by atoms with van der Waals surface area (Å²) in [4.78, 5) is 25.4. The normalized spacial score (nSPS) is 10.8. The highest BCUT2D eigenvalue weighted by Gasteiger charge is 2.16. The lowest BCUT2D eigenvalue weighted by Crippen LogP contribution is -2.31. The van der Waals surface area contributed by atoms with E-state index in [1.54, 1.807) is 22.9 Å². The maximum absolute atomic E-state index is 12.9. The molecule has 3 rings (SSSR count). The van der Waals surface area contributed by atoms with Gasteiger partial charge < -0.3 is 5.32 Å². The van der Waals surface area contributed by atoms with Gasteiger partial charge in [-0.15, -0.1) is 0 Å². The minimum absolute atomic E-state index is 0.120. The molecule has 1 amide bonds. The number of hydrogen-bond donors (Lipinski definition) is 1. The number of aryl methyl sites for hydroxylation is 1. The van der Waals surface area contributed by atoms with Gasteiger partial charge in [0.15, 0.2) is 0 Å². The summed E-state index contributed by atoms with van der Waals surface area (Å²) < 4.78 is 1.57. The van der Waals surface area contributed by atoms with Crippen LogP contribution in [0.25, 0.3) is 11.8 Å². The Kier molecular flexibility index (Phi) is 5.13. The van der Waals surface area contributed by atoms with Gasteiger partial charge in [0.2, 0.25) is 0 Å². The first-order valence-corrected chi connectivity index (χ1v) is 8.39. The Hall–Kier alpha value is -3.40. The third kappa shape index (κ3) is 3.64. The van der Waals surface area contributed by atoms with Crippen molar-refractivity contribution in [3.63, 3.8) is 0 Å². The first-order valence-electron chi connectivity index (χ1n) is 8.39. The molecule has 3 aromatic rings. The topological polar surface area (TPSA) is 51.1 Å². The molecule has 0 spiro atoms. The largest absolute Gasteiger partial charge is 0.328 e. The summed E-state index contributed by atoms with van der Waals surface area (Å²) in [5.41, 5.74) is 3.20. The lowest BCUT2D eigenvalue weighted by molar-refractivity contribution is 0.0968. The highest BCUT2D eigenvalue weighted by Crippen LogP contribution is 2.13. The predicted molar refractivity (Wildman–Crippen MR) is 104 cm³/mol. The first-order chi connectivity index (χ1) is 12.6. The molecule has 1 heterocycles. The summed E-state index contributed by atoms with van der Waals surface area (Å²) in [6, 6.07) is 20.6. The van der Waals surface area contributed by atoms with Crippen LogP contribution in [-0.2, 0) is 0 Å². The Labute approximate surface area is 152 Å². The molecule has 4 nitrogen and oxygen atoms in total. The van der Waals surface area contributed by atoms with Gasteiger partial charge in [0.25, 0.3) is 11.5 Å². The second kappa shape index (κ2) is 7.66. The number of aromatic nitrogens is 1. The van der Waals surface area contributed by atoms with E-state index in [1.165, 1.54) is 0 Å². The monoisotopic (exact) mass is 344 g/mol. The average Bonchev–Trinajstić information content (AvgIpc) is 2.66. The van der Waals surface area contributed by atoms with E-state index >= 15 is 0 Å². The quantitative estimate of drug-likeness (QED) is 0.781. The van der Waals surface area contributed by atoms with Gasteiger partial charge in [0, 0.05) is 17.6 Å². The fourth-order valence-electron chi connectivity index (χ4n) is 2.74. The van der Waals surface area contributed by atoms with Crippen LogP contribution in [0.5, 0.6) is 0 Å². The zero-order valence-corrected chi connectivity index (χ0v) is 14.8. The van der Waals surface area contributed by atoms with Crippen LogP contribution in [0.15, 0.2) is 77.7 Å².